The molecule has 0 spiro atoms. The van der Waals surface area contributed by atoms with Gasteiger partial charge in [-0.05, 0) is 41.8 Å². The first-order chi connectivity index (χ1) is 13.6. The number of hydroxylamine groups is 2. The van der Waals surface area contributed by atoms with Gasteiger partial charge in [0.25, 0.3) is 0 Å². The van der Waals surface area contributed by atoms with Gasteiger partial charge in [-0.2, -0.15) is 5.06 Å². The van der Waals surface area contributed by atoms with E-state index in [-0.39, 0.29) is 12.3 Å². The summed E-state index contributed by atoms with van der Waals surface area (Å²) in [6.07, 6.45) is 2.74. The Balaban J connectivity index is 1.64. The molecule has 0 aliphatic carbocycles. The molecule has 0 amide bonds. The van der Waals surface area contributed by atoms with Crippen LogP contribution in [0, 0.1) is 0 Å². The fraction of sp³-hybridized carbons (Fsp3) is 0.455. The van der Waals surface area contributed by atoms with E-state index >= 15 is 0 Å². The average Bonchev–Trinajstić information content (AvgIpc) is 3.08. The third kappa shape index (κ3) is 5.39. The minimum absolute atomic E-state index is 0.117. The van der Waals surface area contributed by atoms with Crippen LogP contribution < -0.4 is 9.47 Å². The molecule has 1 saturated heterocycles. The zero-order valence-electron chi connectivity index (χ0n) is 16.7. The second-order valence-electron chi connectivity index (χ2n) is 6.88. The van der Waals surface area contributed by atoms with Crippen molar-refractivity contribution in [2.24, 2.45) is 0 Å². The quantitative estimate of drug-likeness (QED) is 0.524. The Hall–Kier alpha value is -1.79. The predicted octanol–water partition coefficient (Wildman–Crippen LogP) is 5.38. The Labute approximate surface area is 172 Å². The molecule has 1 fully saturated rings. The number of methoxy groups -OCH3 is 1. The Morgan fingerprint density at radius 2 is 1.93 bits per heavy atom. The molecule has 0 saturated carbocycles. The summed E-state index contributed by atoms with van der Waals surface area (Å²) in [4.78, 5) is 5.82. The number of unbranched alkanes of at least 4 members (excludes halogenated alkanes) is 1. The monoisotopic (exact) mass is 405 g/mol. The fourth-order valence-corrected chi connectivity index (χ4v) is 3.31. The highest BCUT2D eigenvalue weighted by atomic mass is 35.5. The highest BCUT2D eigenvalue weighted by Crippen LogP contribution is 2.38. The van der Waals surface area contributed by atoms with Gasteiger partial charge in [0.15, 0.2) is 17.8 Å². The number of ether oxygens (including phenoxy) is 3. The number of rotatable bonds is 9. The normalized spacial score (nSPS) is 19.7. The minimum Gasteiger partial charge on any atom is -0.493 e. The van der Waals surface area contributed by atoms with Crippen LogP contribution in [0.1, 0.15) is 43.4 Å². The highest BCUT2D eigenvalue weighted by molar-refractivity contribution is 6.30. The third-order valence-electron chi connectivity index (χ3n) is 4.82. The number of hydrogen-bond acceptors (Lipinski definition) is 5. The Kier molecular flexibility index (Phi) is 7.57. The van der Waals surface area contributed by atoms with Gasteiger partial charge in [-0.1, -0.05) is 43.1 Å². The molecule has 28 heavy (non-hydrogen) atoms. The van der Waals surface area contributed by atoms with Crippen LogP contribution in [0.3, 0.4) is 0 Å². The van der Waals surface area contributed by atoms with Crippen LogP contribution >= 0.6 is 11.6 Å². The van der Waals surface area contributed by atoms with Crippen LogP contribution in [0.15, 0.2) is 42.5 Å². The molecule has 1 heterocycles. The maximum absolute atomic E-state index is 5.95. The SMILES string of the molecule is CCCCO[C@@H]1C[C@@H](c2ccc(OCc3ccc(Cl)cc3)c(OC)c2)N(C)O1. The van der Waals surface area contributed by atoms with Gasteiger partial charge >= 0.3 is 0 Å². The summed E-state index contributed by atoms with van der Waals surface area (Å²) in [6.45, 7) is 3.33. The average molecular weight is 406 g/mol. The minimum atomic E-state index is -0.201. The van der Waals surface area contributed by atoms with E-state index in [2.05, 4.69) is 13.0 Å². The Bertz CT molecular complexity index is 753. The molecule has 0 unspecified atom stereocenters. The molecule has 0 N–H and O–H groups in total. The van der Waals surface area contributed by atoms with Crippen molar-refractivity contribution >= 4 is 11.6 Å². The summed E-state index contributed by atoms with van der Waals surface area (Å²) in [5.41, 5.74) is 2.16. The molecule has 2 atom stereocenters. The van der Waals surface area contributed by atoms with Gasteiger partial charge in [0, 0.05) is 25.1 Å². The van der Waals surface area contributed by atoms with E-state index in [4.69, 9.17) is 30.6 Å². The van der Waals surface area contributed by atoms with Crippen LogP contribution in [-0.2, 0) is 16.2 Å². The van der Waals surface area contributed by atoms with Crippen molar-refractivity contribution in [2.75, 3.05) is 20.8 Å². The summed E-state index contributed by atoms with van der Waals surface area (Å²) in [5.74, 6) is 1.41. The lowest BCUT2D eigenvalue weighted by Gasteiger charge is -2.19. The van der Waals surface area contributed by atoms with Crippen molar-refractivity contribution < 1.29 is 19.0 Å². The van der Waals surface area contributed by atoms with Crippen molar-refractivity contribution in [3.8, 4) is 11.5 Å². The zero-order chi connectivity index (χ0) is 19.9. The van der Waals surface area contributed by atoms with Crippen LogP contribution in [0.2, 0.25) is 5.02 Å². The van der Waals surface area contributed by atoms with Crippen molar-refractivity contribution in [2.45, 2.75) is 45.1 Å². The van der Waals surface area contributed by atoms with Crippen molar-refractivity contribution in [3.05, 3.63) is 58.6 Å². The van der Waals surface area contributed by atoms with E-state index in [1.165, 1.54) is 0 Å². The first-order valence-corrected chi connectivity index (χ1v) is 10.0. The topological polar surface area (TPSA) is 40.2 Å². The molecule has 152 valence electrons. The molecule has 0 aromatic heterocycles. The molecule has 6 heteroatoms. The molecule has 2 aromatic rings. The van der Waals surface area contributed by atoms with E-state index in [1.807, 2.05) is 48.5 Å². The van der Waals surface area contributed by atoms with Gasteiger partial charge in [-0.15, -0.1) is 0 Å². The summed E-state index contributed by atoms with van der Waals surface area (Å²) >= 11 is 5.93. The van der Waals surface area contributed by atoms with Crippen LogP contribution in [0.4, 0.5) is 0 Å². The highest BCUT2D eigenvalue weighted by Gasteiger charge is 2.33. The molecule has 5 nitrogen and oxygen atoms in total. The lowest BCUT2D eigenvalue weighted by atomic mass is 10.0. The van der Waals surface area contributed by atoms with Gasteiger partial charge in [-0.25, -0.2) is 0 Å². The summed E-state index contributed by atoms with van der Waals surface area (Å²) in [7, 11) is 3.59. The standard InChI is InChI=1S/C22H28ClNO4/c1-4-5-12-26-22-14-19(24(2)28-22)17-8-11-20(21(13-17)25-3)27-15-16-6-9-18(23)10-7-16/h6-11,13,19,22H,4-5,12,14-15H2,1-3H3/t19-,22-/m0/s1. The summed E-state index contributed by atoms with van der Waals surface area (Å²) < 4.78 is 17.3. The maximum atomic E-state index is 5.95. The van der Waals surface area contributed by atoms with Crippen LogP contribution in [-0.4, -0.2) is 32.1 Å². The lowest BCUT2D eigenvalue weighted by molar-refractivity contribution is -0.229. The second-order valence-corrected chi connectivity index (χ2v) is 7.32. The van der Waals surface area contributed by atoms with E-state index in [0.717, 1.165) is 37.0 Å². The van der Waals surface area contributed by atoms with Crippen molar-refractivity contribution in [3.63, 3.8) is 0 Å². The van der Waals surface area contributed by atoms with Crippen LogP contribution in [0.5, 0.6) is 11.5 Å². The number of benzene rings is 2. The third-order valence-corrected chi connectivity index (χ3v) is 5.07. The lowest BCUT2D eigenvalue weighted by Crippen LogP contribution is -2.18. The van der Waals surface area contributed by atoms with Crippen molar-refractivity contribution in [1.82, 2.24) is 5.06 Å². The van der Waals surface area contributed by atoms with Crippen molar-refractivity contribution in [1.29, 1.82) is 0 Å². The fourth-order valence-electron chi connectivity index (χ4n) is 3.19. The summed E-state index contributed by atoms with van der Waals surface area (Å²) in [6, 6.07) is 13.7. The van der Waals surface area contributed by atoms with E-state index in [9.17, 15) is 0 Å². The first-order valence-electron chi connectivity index (χ1n) is 9.67. The molecule has 1 aliphatic heterocycles. The maximum Gasteiger partial charge on any atom is 0.179 e. The molecule has 1 aliphatic rings. The molecular weight excluding hydrogens is 378 g/mol. The smallest absolute Gasteiger partial charge is 0.179 e. The predicted molar refractivity (Wildman–Crippen MR) is 110 cm³/mol. The second kappa shape index (κ2) is 10.1. The van der Waals surface area contributed by atoms with Crippen LogP contribution in [0.25, 0.3) is 0 Å². The van der Waals surface area contributed by atoms with E-state index < -0.39 is 0 Å². The first kappa shape index (κ1) is 20.9. The van der Waals surface area contributed by atoms with Gasteiger partial charge in [0.1, 0.15) is 6.61 Å². The molecule has 3 rings (SSSR count). The van der Waals surface area contributed by atoms with Gasteiger partial charge in [0.05, 0.1) is 13.2 Å². The van der Waals surface area contributed by atoms with Gasteiger partial charge < -0.3 is 14.2 Å². The van der Waals surface area contributed by atoms with E-state index in [1.54, 1.807) is 7.11 Å². The molecule has 2 aromatic carbocycles. The number of halogens is 1. The van der Waals surface area contributed by atoms with Gasteiger partial charge in [0.2, 0.25) is 0 Å². The number of hydrogen-bond donors (Lipinski definition) is 0. The summed E-state index contributed by atoms with van der Waals surface area (Å²) in [5, 5.41) is 2.57. The Morgan fingerprint density at radius 3 is 2.64 bits per heavy atom. The van der Waals surface area contributed by atoms with Gasteiger partial charge in [-0.3, -0.25) is 4.84 Å². The largest absolute Gasteiger partial charge is 0.493 e. The molecule has 0 bridgehead atoms. The van der Waals surface area contributed by atoms with E-state index in [0.29, 0.717) is 23.1 Å². The zero-order valence-corrected chi connectivity index (χ0v) is 17.4. The molecule has 0 radical (unpaired) electrons. The number of nitrogens with zero attached hydrogens (tertiary/aromatic N) is 1. The Morgan fingerprint density at radius 1 is 1.14 bits per heavy atom. The molecular formula is C22H28ClNO4.